The number of nitrogens with one attached hydrogen (secondary N) is 1. The Bertz CT molecular complexity index is 327. The molecule has 13 heavy (non-hydrogen) atoms. The number of anilines is 1. The number of aliphatic hydroxyl groups is 1. The maximum Gasteiger partial charge on any atom is 0.409 e. The number of benzene rings is 1. The van der Waals surface area contributed by atoms with Gasteiger partial charge in [0.1, 0.15) is 0 Å². The number of carboxylic acid groups (broad SMARTS) is 1. The van der Waals surface area contributed by atoms with Gasteiger partial charge in [0.05, 0.1) is 12.3 Å². The Hall–Kier alpha value is -1.62. The van der Waals surface area contributed by atoms with E-state index < -0.39 is 18.5 Å². The fourth-order valence-corrected chi connectivity index (χ4v) is 0.914. The molecule has 0 unspecified atom stereocenters. The number of halogens is 1. The highest BCUT2D eigenvalue weighted by Gasteiger charge is 2.08. The number of hydrogen-bond donors (Lipinski definition) is 3. The molecule has 0 aliphatic heterocycles. The minimum Gasteiger partial charge on any atom is -0.465 e. The van der Waals surface area contributed by atoms with Crippen LogP contribution in [0.5, 0.6) is 0 Å². The van der Waals surface area contributed by atoms with E-state index in [1.54, 1.807) is 0 Å². The molecule has 0 saturated heterocycles. The normalized spacial score (nSPS) is 9.69. The van der Waals surface area contributed by atoms with Crippen LogP contribution in [0, 0.1) is 5.82 Å². The van der Waals surface area contributed by atoms with Crippen LogP contribution in [0.25, 0.3) is 0 Å². The van der Waals surface area contributed by atoms with E-state index in [0.29, 0.717) is 0 Å². The molecule has 0 aliphatic rings. The molecule has 0 heterocycles. The predicted molar refractivity (Wildman–Crippen MR) is 44.0 cm³/mol. The molecule has 0 saturated carbocycles. The lowest BCUT2D eigenvalue weighted by Gasteiger charge is -2.04. The lowest BCUT2D eigenvalue weighted by Crippen LogP contribution is -2.09. The summed E-state index contributed by atoms with van der Waals surface area (Å²) >= 11 is 0. The number of hydrogen-bond acceptors (Lipinski definition) is 2. The maximum atomic E-state index is 13.1. The molecule has 0 radical (unpaired) electrons. The minimum absolute atomic E-state index is 0.0613. The van der Waals surface area contributed by atoms with Gasteiger partial charge < -0.3 is 10.2 Å². The van der Waals surface area contributed by atoms with Gasteiger partial charge in [-0.15, -0.1) is 0 Å². The monoisotopic (exact) mass is 185 g/mol. The van der Waals surface area contributed by atoms with Crippen LogP contribution >= 0.6 is 0 Å². The van der Waals surface area contributed by atoms with Gasteiger partial charge in [0.2, 0.25) is 0 Å². The van der Waals surface area contributed by atoms with Crippen molar-refractivity contribution in [2.75, 3.05) is 5.32 Å². The Morgan fingerprint density at radius 2 is 2.23 bits per heavy atom. The molecular weight excluding hydrogens is 177 g/mol. The minimum atomic E-state index is -1.34. The van der Waals surface area contributed by atoms with Gasteiger partial charge in [-0.3, -0.25) is 5.32 Å². The van der Waals surface area contributed by atoms with E-state index in [1.807, 2.05) is 5.32 Å². The van der Waals surface area contributed by atoms with Gasteiger partial charge in [-0.1, -0.05) is 12.1 Å². The summed E-state index contributed by atoms with van der Waals surface area (Å²) in [6, 6.07) is 4.12. The predicted octanol–water partition coefficient (Wildman–Crippen LogP) is 1.41. The summed E-state index contributed by atoms with van der Waals surface area (Å²) in [7, 11) is 0. The van der Waals surface area contributed by atoms with Crippen molar-refractivity contribution < 1.29 is 19.4 Å². The molecule has 1 amide bonds. The first kappa shape index (κ1) is 9.47. The van der Waals surface area contributed by atoms with Gasteiger partial charge in [-0.25, -0.2) is 9.18 Å². The number of amides is 1. The molecule has 1 rings (SSSR count). The van der Waals surface area contributed by atoms with Crippen molar-refractivity contribution in [3.8, 4) is 0 Å². The third kappa shape index (κ3) is 2.16. The Balaban J connectivity index is 3.01. The molecule has 70 valence electrons. The number of rotatable bonds is 2. The van der Waals surface area contributed by atoms with Crippen LogP contribution in [0.1, 0.15) is 5.56 Å². The van der Waals surface area contributed by atoms with Gasteiger partial charge in [0.15, 0.2) is 5.82 Å². The van der Waals surface area contributed by atoms with Crippen LogP contribution in [-0.2, 0) is 6.61 Å². The number of carbonyl (C=O) groups is 1. The lowest BCUT2D eigenvalue weighted by molar-refractivity contribution is 0.209. The summed E-state index contributed by atoms with van der Waals surface area (Å²) in [6.45, 7) is -0.457. The second-order valence-corrected chi connectivity index (χ2v) is 2.37. The fourth-order valence-electron chi connectivity index (χ4n) is 0.914. The maximum absolute atomic E-state index is 13.1. The van der Waals surface area contributed by atoms with Crippen molar-refractivity contribution in [1.82, 2.24) is 0 Å². The second-order valence-electron chi connectivity index (χ2n) is 2.37. The van der Waals surface area contributed by atoms with E-state index in [9.17, 15) is 9.18 Å². The Kier molecular flexibility index (Phi) is 2.81. The van der Waals surface area contributed by atoms with Crippen molar-refractivity contribution in [3.63, 3.8) is 0 Å². The van der Waals surface area contributed by atoms with Crippen LogP contribution in [0.4, 0.5) is 14.9 Å². The largest absolute Gasteiger partial charge is 0.465 e. The van der Waals surface area contributed by atoms with Gasteiger partial charge >= 0.3 is 6.09 Å². The van der Waals surface area contributed by atoms with Crippen molar-refractivity contribution in [3.05, 3.63) is 29.6 Å². The van der Waals surface area contributed by atoms with E-state index in [0.717, 1.165) is 0 Å². The zero-order valence-corrected chi connectivity index (χ0v) is 6.62. The molecule has 1 aromatic rings. The van der Waals surface area contributed by atoms with Gasteiger partial charge in [-0.2, -0.15) is 0 Å². The van der Waals surface area contributed by atoms with Crippen LogP contribution in [0.15, 0.2) is 18.2 Å². The van der Waals surface area contributed by atoms with Crippen LogP contribution in [0.3, 0.4) is 0 Å². The van der Waals surface area contributed by atoms with E-state index in [2.05, 4.69) is 0 Å². The zero-order chi connectivity index (χ0) is 9.84. The third-order valence-electron chi connectivity index (χ3n) is 1.49. The summed E-state index contributed by atoms with van der Waals surface area (Å²) < 4.78 is 13.1. The highest BCUT2D eigenvalue weighted by molar-refractivity contribution is 5.83. The molecule has 0 atom stereocenters. The Morgan fingerprint density at radius 3 is 2.77 bits per heavy atom. The van der Waals surface area contributed by atoms with Crippen molar-refractivity contribution in [2.24, 2.45) is 0 Å². The summed E-state index contributed by atoms with van der Waals surface area (Å²) in [5.74, 6) is -0.743. The SMILES string of the molecule is O=C(O)Nc1cccc(CO)c1F. The van der Waals surface area contributed by atoms with Crippen molar-refractivity contribution >= 4 is 11.8 Å². The van der Waals surface area contributed by atoms with E-state index in [4.69, 9.17) is 10.2 Å². The highest BCUT2D eigenvalue weighted by Crippen LogP contribution is 2.17. The molecule has 0 aromatic heterocycles. The topological polar surface area (TPSA) is 69.6 Å². The zero-order valence-electron chi connectivity index (χ0n) is 6.62. The van der Waals surface area contributed by atoms with Crippen LogP contribution in [0.2, 0.25) is 0 Å². The Labute approximate surface area is 73.6 Å². The molecule has 0 spiro atoms. The van der Waals surface area contributed by atoms with Gasteiger partial charge in [0, 0.05) is 5.56 Å². The number of aliphatic hydroxyl groups excluding tert-OH is 1. The third-order valence-corrected chi connectivity index (χ3v) is 1.49. The average Bonchev–Trinajstić information content (AvgIpc) is 2.08. The van der Waals surface area contributed by atoms with E-state index in [-0.39, 0.29) is 11.3 Å². The summed E-state index contributed by atoms with van der Waals surface area (Å²) in [5.41, 5.74) is -0.0923. The standard InChI is InChI=1S/C8H8FNO3/c9-7-5(4-11)2-1-3-6(7)10-8(12)13/h1-3,10-11H,4H2,(H,12,13). The van der Waals surface area contributed by atoms with Crippen molar-refractivity contribution in [2.45, 2.75) is 6.61 Å². The molecule has 4 nitrogen and oxygen atoms in total. The molecule has 0 bridgehead atoms. The van der Waals surface area contributed by atoms with Crippen LogP contribution in [-0.4, -0.2) is 16.3 Å². The lowest BCUT2D eigenvalue weighted by atomic mass is 10.2. The molecule has 3 N–H and O–H groups in total. The second kappa shape index (κ2) is 3.86. The quantitative estimate of drug-likeness (QED) is 0.652. The fraction of sp³-hybridized carbons (Fsp3) is 0.125. The molecule has 0 aliphatic carbocycles. The smallest absolute Gasteiger partial charge is 0.409 e. The average molecular weight is 185 g/mol. The summed E-state index contributed by atoms with van der Waals surface area (Å²) in [6.07, 6.45) is -1.34. The first-order chi connectivity index (χ1) is 6.15. The van der Waals surface area contributed by atoms with Crippen LogP contribution < -0.4 is 5.32 Å². The highest BCUT2D eigenvalue weighted by atomic mass is 19.1. The summed E-state index contributed by atoms with van der Waals surface area (Å²) in [4.78, 5) is 10.2. The van der Waals surface area contributed by atoms with Gasteiger partial charge in [0.25, 0.3) is 0 Å². The van der Waals surface area contributed by atoms with Gasteiger partial charge in [-0.05, 0) is 6.07 Å². The molecule has 1 aromatic carbocycles. The van der Waals surface area contributed by atoms with E-state index in [1.165, 1.54) is 18.2 Å². The molecule has 0 fully saturated rings. The van der Waals surface area contributed by atoms with Crippen molar-refractivity contribution in [1.29, 1.82) is 0 Å². The first-order valence-electron chi connectivity index (χ1n) is 3.53. The summed E-state index contributed by atoms with van der Waals surface area (Å²) in [5, 5.41) is 18.9. The molecule has 5 heteroatoms. The first-order valence-corrected chi connectivity index (χ1v) is 3.53. The molecular formula is C8H8FNO3. The van der Waals surface area contributed by atoms with E-state index >= 15 is 0 Å². The Morgan fingerprint density at radius 1 is 1.54 bits per heavy atom.